The largest absolute Gasteiger partial charge is 0.382 e. The van der Waals surface area contributed by atoms with E-state index in [1.165, 1.54) is 24.2 Å². The number of nitrogens with one attached hydrogen (secondary N) is 1. The van der Waals surface area contributed by atoms with Gasteiger partial charge in [-0.15, -0.1) is 0 Å². The second kappa shape index (κ2) is 6.17. The summed E-state index contributed by atoms with van der Waals surface area (Å²) >= 11 is 0. The van der Waals surface area contributed by atoms with Gasteiger partial charge in [0.2, 0.25) is 0 Å². The van der Waals surface area contributed by atoms with Crippen LogP contribution in [0.1, 0.15) is 37.0 Å². The molecule has 1 aromatic rings. The molecule has 1 aliphatic rings. The Balaban J connectivity index is 1.87. The number of H-pyrrole nitrogens is 1. The molecule has 0 aromatic carbocycles. The smallest absolute Gasteiger partial charge is 0.132 e. The van der Waals surface area contributed by atoms with Crippen molar-refractivity contribution in [1.82, 2.24) is 9.97 Å². The van der Waals surface area contributed by atoms with Crippen LogP contribution in [0, 0.1) is 5.92 Å². The summed E-state index contributed by atoms with van der Waals surface area (Å²) in [5.41, 5.74) is 2.58. The number of rotatable bonds is 6. The molecule has 1 unspecified atom stereocenters. The Morgan fingerprint density at radius 2 is 2.29 bits per heavy atom. The Bertz CT molecular complexity index is 349. The minimum atomic E-state index is 0.563. The van der Waals surface area contributed by atoms with Gasteiger partial charge in [0, 0.05) is 12.8 Å². The number of nitrogens with zero attached hydrogens (tertiary/aromatic N) is 1. The molecule has 0 radical (unpaired) electrons. The standard InChI is InChI=1S/C13H22N2O2/c1-3-10-4-5-11-12(8-10)15-13(14-11)9-17-7-6-16-2/h10H,3-9H2,1-2H3,(H,14,15). The molecule has 1 aromatic heterocycles. The Hall–Kier alpha value is -0.870. The lowest BCUT2D eigenvalue weighted by Gasteiger charge is -2.19. The number of fused-ring (bicyclic) bond motifs is 1. The molecule has 17 heavy (non-hydrogen) atoms. The van der Waals surface area contributed by atoms with Crippen molar-refractivity contribution in [3.8, 4) is 0 Å². The van der Waals surface area contributed by atoms with Crippen molar-refractivity contribution in [2.24, 2.45) is 5.92 Å². The number of ether oxygens (including phenoxy) is 2. The third-order valence-corrected chi connectivity index (χ3v) is 3.44. The normalized spacial score (nSPS) is 19.3. The van der Waals surface area contributed by atoms with E-state index in [4.69, 9.17) is 9.47 Å². The molecule has 1 heterocycles. The fourth-order valence-electron chi connectivity index (χ4n) is 2.34. The molecule has 1 N–H and O–H groups in total. The Kier molecular flexibility index (Phi) is 4.57. The van der Waals surface area contributed by atoms with Crippen LogP contribution in [0.5, 0.6) is 0 Å². The third-order valence-electron chi connectivity index (χ3n) is 3.44. The van der Waals surface area contributed by atoms with Gasteiger partial charge in [-0.1, -0.05) is 13.3 Å². The van der Waals surface area contributed by atoms with Crippen LogP contribution >= 0.6 is 0 Å². The summed E-state index contributed by atoms with van der Waals surface area (Å²) in [5.74, 6) is 1.79. The first kappa shape index (κ1) is 12.6. The van der Waals surface area contributed by atoms with Gasteiger partial charge >= 0.3 is 0 Å². The van der Waals surface area contributed by atoms with Crippen LogP contribution in [0.15, 0.2) is 0 Å². The first-order valence-corrected chi connectivity index (χ1v) is 6.46. The van der Waals surface area contributed by atoms with E-state index in [2.05, 4.69) is 16.9 Å². The molecule has 0 bridgehead atoms. The molecule has 2 rings (SSSR count). The molecular formula is C13H22N2O2. The summed E-state index contributed by atoms with van der Waals surface area (Å²) in [7, 11) is 1.68. The molecule has 4 heteroatoms. The molecule has 0 saturated heterocycles. The highest BCUT2D eigenvalue weighted by molar-refractivity contribution is 5.18. The number of methoxy groups -OCH3 is 1. The van der Waals surface area contributed by atoms with Crippen LogP contribution in [0.25, 0.3) is 0 Å². The van der Waals surface area contributed by atoms with Gasteiger partial charge in [-0.3, -0.25) is 0 Å². The zero-order valence-electron chi connectivity index (χ0n) is 10.8. The maximum Gasteiger partial charge on any atom is 0.132 e. The van der Waals surface area contributed by atoms with E-state index < -0.39 is 0 Å². The molecule has 0 fully saturated rings. The fourth-order valence-corrected chi connectivity index (χ4v) is 2.34. The van der Waals surface area contributed by atoms with Crippen molar-refractivity contribution in [3.63, 3.8) is 0 Å². The molecule has 0 saturated carbocycles. The summed E-state index contributed by atoms with van der Waals surface area (Å²) in [5, 5.41) is 0. The van der Waals surface area contributed by atoms with Crippen LogP contribution in [-0.4, -0.2) is 30.3 Å². The van der Waals surface area contributed by atoms with Crippen molar-refractivity contribution >= 4 is 0 Å². The minimum absolute atomic E-state index is 0.563. The number of hydrogen-bond donors (Lipinski definition) is 1. The number of aryl methyl sites for hydroxylation is 1. The molecule has 1 atom stereocenters. The fraction of sp³-hybridized carbons (Fsp3) is 0.769. The van der Waals surface area contributed by atoms with Crippen molar-refractivity contribution in [1.29, 1.82) is 0 Å². The van der Waals surface area contributed by atoms with Crippen LogP contribution in [0.4, 0.5) is 0 Å². The summed E-state index contributed by atoms with van der Waals surface area (Å²) in [6.07, 6.45) is 4.80. The number of hydrogen-bond acceptors (Lipinski definition) is 3. The van der Waals surface area contributed by atoms with E-state index >= 15 is 0 Å². The van der Waals surface area contributed by atoms with Gasteiger partial charge in [-0.25, -0.2) is 4.98 Å². The van der Waals surface area contributed by atoms with Gasteiger partial charge in [-0.05, 0) is 25.2 Å². The molecule has 4 nitrogen and oxygen atoms in total. The first-order chi connectivity index (χ1) is 8.33. The average molecular weight is 238 g/mol. The van der Waals surface area contributed by atoms with E-state index in [0.29, 0.717) is 19.8 Å². The van der Waals surface area contributed by atoms with Crippen molar-refractivity contribution in [3.05, 3.63) is 17.2 Å². The van der Waals surface area contributed by atoms with Crippen molar-refractivity contribution < 1.29 is 9.47 Å². The maximum absolute atomic E-state index is 5.47. The third kappa shape index (κ3) is 3.30. The SMILES string of the molecule is CCC1CCc2nc(COCCOC)[nH]c2C1. The molecular weight excluding hydrogens is 216 g/mol. The number of aromatic amines is 1. The highest BCUT2D eigenvalue weighted by atomic mass is 16.5. The molecule has 1 aliphatic carbocycles. The van der Waals surface area contributed by atoms with Gasteiger partial charge in [0.15, 0.2) is 0 Å². The first-order valence-electron chi connectivity index (χ1n) is 6.46. The zero-order chi connectivity index (χ0) is 12.1. The van der Waals surface area contributed by atoms with E-state index in [0.717, 1.165) is 24.6 Å². The van der Waals surface area contributed by atoms with Crippen molar-refractivity contribution in [2.75, 3.05) is 20.3 Å². The van der Waals surface area contributed by atoms with Gasteiger partial charge in [-0.2, -0.15) is 0 Å². The van der Waals surface area contributed by atoms with E-state index in [1.807, 2.05) is 0 Å². The van der Waals surface area contributed by atoms with Gasteiger partial charge in [0.1, 0.15) is 12.4 Å². The Labute approximate surface area is 103 Å². The number of imidazole rings is 1. The topological polar surface area (TPSA) is 47.1 Å². The van der Waals surface area contributed by atoms with Crippen LogP contribution in [0.3, 0.4) is 0 Å². The van der Waals surface area contributed by atoms with E-state index in [1.54, 1.807) is 7.11 Å². The lowest BCUT2D eigenvalue weighted by molar-refractivity contribution is 0.0588. The average Bonchev–Trinajstić information content (AvgIpc) is 2.76. The van der Waals surface area contributed by atoms with Crippen LogP contribution in [-0.2, 0) is 28.9 Å². The highest BCUT2D eigenvalue weighted by Gasteiger charge is 2.20. The molecule has 0 aliphatic heterocycles. The number of aromatic nitrogens is 2. The zero-order valence-corrected chi connectivity index (χ0v) is 10.8. The van der Waals surface area contributed by atoms with E-state index in [-0.39, 0.29) is 0 Å². The second-order valence-electron chi connectivity index (χ2n) is 4.67. The predicted molar refractivity (Wildman–Crippen MR) is 65.9 cm³/mol. The van der Waals surface area contributed by atoms with Crippen LogP contribution < -0.4 is 0 Å². The lowest BCUT2D eigenvalue weighted by Crippen LogP contribution is -2.12. The maximum atomic E-state index is 5.47. The Morgan fingerprint density at radius 1 is 1.41 bits per heavy atom. The van der Waals surface area contributed by atoms with Gasteiger partial charge in [0.05, 0.1) is 18.9 Å². The highest BCUT2D eigenvalue weighted by Crippen LogP contribution is 2.25. The summed E-state index contributed by atoms with van der Waals surface area (Å²) in [6.45, 7) is 4.09. The summed E-state index contributed by atoms with van der Waals surface area (Å²) in [6, 6.07) is 0. The Morgan fingerprint density at radius 3 is 3.06 bits per heavy atom. The van der Waals surface area contributed by atoms with Crippen molar-refractivity contribution in [2.45, 2.75) is 39.2 Å². The summed E-state index contributed by atoms with van der Waals surface area (Å²) < 4.78 is 10.4. The van der Waals surface area contributed by atoms with Gasteiger partial charge < -0.3 is 14.5 Å². The monoisotopic (exact) mass is 238 g/mol. The lowest BCUT2D eigenvalue weighted by atomic mass is 9.88. The van der Waals surface area contributed by atoms with E-state index in [9.17, 15) is 0 Å². The van der Waals surface area contributed by atoms with Crippen LogP contribution in [0.2, 0.25) is 0 Å². The molecule has 0 amide bonds. The quantitative estimate of drug-likeness (QED) is 0.772. The second-order valence-corrected chi connectivity index (χ2v) is 4.67. The predicted octanol–water partition coefficient (Wildman–Crippen LogP) is 2.09. The molecule has 96 valence electrons. The van der Waals surface area contributed by atoms with Gasteiger partial charge in [0.25, 0.3) is 0 Å². The molecule has 0 spiro atoms. The minimum Gasteiger partial charge on any atom is -0.382 e. The summed E-state index contributed by atoms with van der Waals surface area (Å²) in [4.78, 5) is 7.99.